The number of hydrogen-bond acceptors (Lipinski definition) is 8. The zero-order chi connectivity index (χ0) is 25.4. The molecule has 0 saturated carbocycles. The zero-order valence-corrected chi connectivity index (χ0v) is 21.3. The number of nitrogens with zero attached hydrogens (tertiary/aromatic N) is 2. The fourth-order valence-corrected chi connectivity index (χ4v) is 7.64. The van der Waals surface area contributed by atoms with Crippen LogP contribution in [0, 0.1) is 5.92 Å². The summed E-state index contributed by atoms with van der Waals surface area (Å²) in [6, 6.07) is 12.3. The number of aliphatic hydroxyl groups is 1. The van der Waals surface area contributed by atoms with Crippen LogP contribution in [0.1, 0.15) is 29.6 Å². The summed E-state index contributed by atoms with van der Waals surface area (Å²) in [6.45, 7) is 0.852. The Morgan fingerprint density at radius 2 is 2.08 bits per heavy atom. The molecule has 1 aromatic heterocycles. The van der Waals surface area contributed by atoms with E-state index in [1.165, 1.54) is 22.8 Å². The van der Waals surface area contributed by atoms with E-state index in [1.807, 2.05) is 6.07 Å². The van der Waals surface area contributed by atoms with Crippen LogP contribution in [0.5, 0.6) is 0 Å². The number of ether oxygens (including phenoxy) is 1. The zero-order valence-electron chi connectivity index (χ0n) is 19.7. The Kier molecular flexibility index (Phi) is 6.73. The van der Waals surface area contributed by atoms with Gasteiger partial charge >= 0.3 is 5.97 Å². The molecule has 3 aromatic rings. The lowest BCUT2D eigenvalue weighted by Crippen LogP contribution is -2.45. The Balaban J connectivity index is 1.37. The lowest BCUT2D eigenvalue weighted by atomic mass is 9.97. The molecular weight excluding hydrogens is 502 g/mol. The van der Waals surface area contributed by atoms with E-state index in [9.17, 15) is 23.1 Å². The van der Waals surface area contributed by atoms with Crippen molar-refractivity contribution >= 4 is 55.4 Å². The minimum atomic E-state index is -3.58. The summed E-state index contributed by atoms with van der Waals surface area (Å²) < 4.78 is 32.4. The molecule has 5 rings (SSSR count). The number of nitrogens with one attached hydrogen (secondary N) is 1. The van der Waals surface area contributed by atoms with Crippen molar-refractivity contribution in [1.82, 2.24) is 4.31 Å². The molecule has 1 amide bonds. The summed E-state index contributed by atoms with van der Waals surface area (Å²) in [5.41, 5.74) is 1.90. The minimum absolute atomic E-state index is 0.0863. The van der Waals surface area contributed by atoms with Crippen LogP contribution in [-0.2, 0) is 19.6 Å². The highest BCUT2D eigenvalue weighted by atomic mass is 32.2. The maximum absolute atomic E-state index is 13.0. The number of anilines is 2. The standard InChI is InChI=1S/C25H27N3O6S2/c1-34-21(29)11-13-28-20-10-9-19(17-6-2-7-18(23(17)20)25(28)31)26-24(30)16-5-3-12-27(15-16)36(32,33)22-8-4-14-35-22/h2,4,6-10,14,16,24,26,30H,3,5,11-13,15H2,1H3. The molecule has 11 heteroatoms. The van der Waals surface area contributed by atoms with Crippen molar-refractivity contribution in [3.63, 3.8) is 0 Å². The van der Waals surface area contributed by atoms with Crippen LogP contribution in [0.3, 0.4) is 0 Å². The van der Waals surface area contributed by atoms with Crippen LogP contribution in [0.2, 0.25) is 0 Å². The molecule has 2 aliphatic rings. The quantitative estimate of drug-likeness (QED) is 0.340. The number of thiophene rings is 1. The van der Waals surface area contributed by atoms with Crippen molar-refractivity contribution in [1.29, 1.82) is 0 Å². The fraction of sp³-hybridized carbons (Fsp3) is 0.360. The molecule has 2 N–H and O–H groups in total. The van der Waals surface area contributed by atoms with E-state index in [0.717, 1.165) is 10.8 Å². The molecule has 0 radical (unpaired) electrons. The predicted octanol–water partition coefficient (Wildman–Crippen LogP) is 3.26. The molecule has 190 valence electrons. The Labute approximate surface area is 213 Å². The van der Waals surface area contributed by atoms with Gasteiger partial charge in [-0.15, -0.1) is 11.3 Å². The highest BCUT2D eigenvalue weighted by Gasteiger charge is 2.35. The molecular formula is C25H27N3O6S2. The fourth-order valence-electron chi connectivity index (χ4n) is 4.96. The van der Waals surface area contributed by atoms with E-state index in [4.69, 9.17) is 4.74 Å². The van der Waals surface area contributed by atoms with E-state index in [2.05, 4.69) is 5.32 Å². The van der Waals surface area contributed by atoms with E-state index in [1.54, 1.807) is 46.7 Å². The number of benzene rings is 2. The molecule has 3 heterocycles. The van der Waals surface area contributed by atoms with Gasteiger partial charge in [0, 0.05) is 47.6 Å². The maximum Gasteiger partial charge on any atom is 0.307 e. The van der Waals surface area contributed by atoms with Gasteiger partial charge in [-0.05, 0) is 42.5 Å². The molecule has 0 spiro atoms. The molecule has 9 nitrogen and oxygen atoms in total. The second kappa shape index (κ2) is 9.81. The molecule has 1 fully saturated rings. The number of amides is 1. The molecule has 2 aliphatic heterocycles. The summed E-state index contributed by atoms with van der Waals surface area (Å²) in [4.78, 5) is 26.2. The van der Waals surface area contributed by atoms with Gasteiger partial charge in [0.25, 0.3) is 15.9 Å². The van der Waals surface area contributed by atoms with Crippen molar-refractivity contribution in [3.8, 4) is 0 Å². The van der Waals surface area contributed by atoms with Crippen molar-refractivity contribution in [2.45, 2.75) is 29.7 Å². The molecule has 1 saturated heterocycles. The summed E-state index contributed by atoms with van der Waals surface area (Å²) in [5, 5.41) is 17.5. The first-order chi connectivity index (χ1) is 17.3. The minimum Gasteiger partial charge on any atom is -0.469 e. The van der Waals surface area contributed by atoms with Gasteiger partial charge in [-0.1, -0.05) is 18.2 Å². The maximum atomic E-state index is 13.0. The summed E-state index contributed by atoms with van der Waals surface area (Å²) in [7, 11) is -2.27. The summed E-state index contributed by atoms with van der Waals surface area (Å²) in [6.07, 6.45) is 0.451. The number of hydrogen-bond donors (Lipinski definition) is 2. The van der Waals surface area contributed by atoms with E-state index < -0.39 is 16.3 Å². The van der Waals surface area contributed by atoms with Crippen LogP contribution < -0.4 is 10.2 Å². The summed E-state index contributed by atoms with van der Waals surface area (Å²) >= 11 is 1.19. The molecule has 36 heavy (non-hydrogen) atoms. The summed E-state index contributed by atoms with van der Waals surface area (Å²) in [5.74, 6) is -0.868. The lowest BCUT2D eigenvalue weighted by molar-refractivity contribution is -0.140. The number of sulfonamides is 1. The second-order valence-corrected chi connectivity index (χ2v) is 12.0. The second-order valence-electron chi connectivity index (χ2n) is 8.93. The number of rotatable bonds is 8. The van der Waals surface area contributed by atoms with E-state index >= 15 is 0 Å². The van der Waals surface area contributed by atoms with Gasteiger partial charge in [0.1, 0.15) is 10.4 Å². The first kappa shape index (κ1) is 24.7. The Morgan fingerprint density at radius 3 is 2.83 bits per heavy atom. The smallest absolute Gasteiger partial charge is 0.307 e. The first-order valence-electron chi connectivity index (χ1n) is 11.7. The van der Waals surface area contributed by atoms with Gasteiger partial charge < -0.3 is 20.1 Å². The number of esters is 1. The average Bonchev–Trinajstić information content (AvgIpc) is 3.53. The van der Waals surface area contributed by atoms with Crippen LogP contribution in [0.4, 0.5) is 11.4 Å². The highest BCUT2D eigenvalue weighted by Crippen LogP contribution is 2.41. The van der Waals surface area contributed by atoms with Gasteiger partial charge in [0.15, 0.2) is 0 Å². The van der Waals surface area contributed by atoms with E-state index in [-0.39, 0.29) is 37.3 Å². The van der Waals surface area contributed by atoms with Crippen molar-refractivity contribution in [3.05, 3.63) is 53.4 Å². The number of carbonyl (C=O) groups excluding carboxylic acids is 2. The van der Waals surface area contributed by atoms with Crippen molar-refractivity contribution in [2.75, 3.05) is 37.0 Å². The average molecular weight is 530 g/mol. The number of carbonyl (C=O) groups is 2. The van der Waals surface area contributed by atoms with Crippen LogP contribution >= 0.6 is 11.3 Å². The van der Waals surface area contributed by atoms with Gasteiger partial charge in [-0.2, -0.15) is 4.31 Å². The van der Waals surface area contributed by atoms with Gasteiger partial charge in [0.05, 0.1) is 19.2 Å². The Bertz CT molecular complexity index is 1410. The third-order valence-corrected chi connectivity index (χ3v) is 10.1. The first-order valence-corrected chi connectivity index (χ1v) is 14.1. The monoisotopic (exact) mass is 529 g/mol. The Hall–Kier alpha value is -2.99. The molecule has 2 aromatic carbocycles. The van der Waals surface area contributed by atoms with Crippen LogP contribution in [-0.4, -0.2) is 62.7 Å². The number of methoxy groups -OCH3 is 1. The normalized spacial score (nSPS) is 19.0. The topological polar surface area (TPSA) is 116 Å². The third kappa shape index (κ3) is 4.36. The van der Waals surface area contributed by atoms with E-state index in [0.29, 0.717) is 40.5 Å². The van der Waals surface area contributed by atoms with Gasteiger partial charge in [-0.3, -0.25) is 9.59 Å². The van der Waals surface area contributed by atoms with Gasteiger partial charge in [0.2, 0.25) is 0 Å². The third-order valence-electron chi connectivity index (χ3n) is 6.81. The largest absolute Gasteiger partial charge is 0.469 e. The van der Waals surface area contributed by atoms with Gasteiger partial charge in [-0.25, -0.2) is 8.42 Å². The predicted molar refractivity (Wildman–Crippen MR) is 138 cm³/mol. The molecule has 2 unspecified atom stereocenters. The number of aliphatic hydroxyl groups excluding tert-OH is 1. The van der Waals surface area contributed by atoms with Crippen LogP contribution in [0.25, 0.3) is 10.8 Å². The number of piperidine rings is 1. The Morgan fingerprint density at radius 1 is 1.25 bits per heavy atom. The molecule has 2 atom stereocenters. The lowest BCUT2D eigenvalue weighted by Gasteiger charge is -2.34. The van der Waals surface area contributed by atoms with Crippen molar-refractivity contribution in [2.24, 2.45) is 5.92 Å². The highest BCUT2D eigenvalue weighted by molar-refractivity contribution is 7.91. The SMILES string of the molecule is COC(=O)CCN1C(=O)c2cccc3c(NC(O)C4CCCN(S(=O)(=O)c5cccs5)C4)ccc1c23. The molecule has 0 bridgehead atoms. The molecule has 0 aliphatic carbocycles. The van der Waals surface area contributed by atoms with Crippen molar-refractivity contribution < 1.29 is 27.9 Å². The van der Waals surface area contributed by atoms with Crippen LogP contribution in [0.15, 0.2) is 52.1 Å².